The van der Waals surface area contributed by atoms with Crippen LogP contribution in [0.25, 0.3) is 10.9 Å². The van der Waals surface area contributed by atoms with Crippen molar-refractivity contribution in [2.45, 2.75) is 20.8 Å². The van der Waals surface area contributed by atoms with Gasteiger partial charge in [0.15, 0.2) is 0 Å². The van der Waals surface area contributed by atoms with Gasteiger partial charge in [0.25, 0.3) is 5.91 Å². The van der Waals surface area contributed by atoms with Gasteiger partial charge in [-0.25, -0.2) is 4.79 Å². The molecule has 33 heavy (non-hydrogen) atoms. The number of hydrogen-bond acceptors (Lipinski definition) is 4. The van der Waals surface area contributed by atoms with Crippen molar-refractivity contribution in [2.75, 3.05) is 22.6 Å². The van der Waals surface area contributed by atoms with Crippen molar-refractivity contribution in [2.24, 2.45) is 0 Å². The molecule has 0 unspecified atom stereocenters. The zero-order chi connectivity index (χ0) is 23.5. The van der Waals surface area contributed by atoms with Crippen LogP contribution >= 0.6 is 0 Å². The minimum absolute atomic E-state index is 0.246. The standard InChI is InChI=1S/C26H25N5O2/c1-16-13-14-27-18(3)22(16)25(32)30-21-12-8-11-20-23(21)28-15-17(2)24(20)31(4)26(33)29-19-9-6-5-7-10-19/h5-15H,1-4H3,(H,29,33)(H,30,32). The molecule has 0 spiro atoms. The highest BCUT2D eigenvalue weighted by molar-refractivity contribution is 6.13. The Morgan fingerprint density at radius 3 is 2.33 bits per heavy atom. The van der Waals surface area contributed by atoms with Crippen molar-refractivity contribution < 1.29 is 9.59 Å². The molecule has 3 amide bonds. The maximum absolute atomic E-state index is 13.0. The normalized spacial score (nSPS) is 10.7. The van der Waals surface area contributed by atoms with Gasteiger partial charge in [0.05, 0.1) is 28.1 Å². The number of amides is 3. The number of aromatic nitrogens is 2. The molecule has 2 aromatic heterocycles. The number of fused-ring (bicyclic) bond motifs is 1. The van der Waals surface area contributed by atoms with E-state index in [0.717, 1.165) is 22.2 Å². The van der Waals surface area contributed by atoms with Crippen LogP contribution in [-0.2, 0) is 0 Å². The summed E-state index contributed by atoms with van der Waals surface area (Å²) in [5.74, 6) is -0.246. The van der Waals surface area contributed by atoms with Gasteiger partial charge in [0.2, 0.25) is 0 Å². The highest BCUT2D eigenvalue weighted by Crippen LogP contribution is 2.33. The zero-order valence-corrected chi connectivity index (χ0v) is 19.0. The van der Waals surface area contributed by atoms with Gasteiger partial charge < -0.3 is 10.6 Å². The first-order chi connectivity index (χ1) is 15.9. The molecule has 0 aliphatic heterocycles. The summed E-state index contributed by atoms with van der Waals surface area (Å²) in [7, 11) is 1.72. The predicted octanol–water partition coefficient (Wildman–Crippen LogP) is 5.48. The first-order valence-corrected chi connectivity index (χ1v) is 10.6. The molecule has 2 aromatic carbocycles. The van der Waals surface area contributed by atoms with E-state index in [2.05, 4.69) is 20.6 Å². The summed E-state index contributed by atoms with van der Waals surface area (Å²) in [6, 6.07) is 16.4. The molecule has 2 heterocycles. The number of urea groups is 1. The minimum atomic E-state index is -0.271. The number of para-hydroxylation sites is 2. The fourth-order valence-electron chi connectivity index (χ4n) is 3.91. The molecule has 0 radical (unpaired) electrons. The molecule has 0 aliphatic carbocycles. The number of aryl methyl sites for hydroxylation is 3. The lowest BCUT2D eigenvalue weighted by Crippen LogP contribution is -2.32. The average molecular weight is 440 g/mol. The van der Waals surface area contributed by atoms with E-state index < -0.39 is 0 Å². The highest BCUT2D eigenvalue weighted by atomic mass is 16.2. The molecule has 0 saturated carbocycles. The average Bonchev–Trinajstić information content (AvgIpc) is 2.79. The first kappa shape index (κ1) is 22.0. The quantitative estimate of drug-likeness (QED) is 0.441. The lowest BCUT2D eigenvalue weighted by Gasteiger charge is -2.22. The summed E-state index contributed by atoms with van der Waals surface area (Å²) in [6.07, 6.45) is 3.40. The summed E-state index contributed by atoms with van der Waals surface area (Å²) in [6.45, 7) is 5.60. The van der Waals surface area contributed by atoms with Crippen molar-refractivity contribution >= 4 is 39.9 Å². The predicted molar refractivity (Wildman–Crippen MR) is 132 cm³/mol. The summed E-state index contributed by atoms with van der Waals surface area (Å²) in [5.41, 5.74) is 5.50. The van der Waals surface area contributed by atoms with Gasteiger partial charge in [-0.3, -0.25) is 19.7 Å². The molecular weight excluding hydrogens is 414 g/mol. The van der Waals surface area contributed by atoms with Gasteiger partial charge in [-0.05, 0) is 56.2 Å². The third kappa shape index (κ3) is 4.39. The molecule has 2 N–H and O–H groups in total. The van der Waals surface area contributed by atoms with Crippen LogP contribution in [0.3, 0.4) is 0 Å². The maximum Gasteiger partial charge on any atom is 0.326 e. The van der Waals surface area contributed by atoms with Gasteiger partial charge in [-0.1, -0.05) is 30.3 Å². The van der Waals surface area contributed by atoms with Crippen molar-refractivity contribution in [3.63, 3.8) is 0 Å². The second kappa shape index (κ2) is 9.08. The Kier molecular flexibility index (Phi) is 6.04. The summed E-state index contributed by atoms with van der Waals surface area (Å²) >= 11 is 0. The minimum Gasteiger partial charge on any atom is -0.320 e. The molecule has 7 heteroatoms. The van der Waals surface area contributed by atoms with Crippen LogP contribution in [-0.4, -0.2) is 29.0 Å². The number of hydrogen-bond donors (Lipinski definition) is 2. The number of nitrogens with one attached hydrogen (secondary N) is 2. The van der Waals surface area contributed by atoms with Crippen LogP contribution in [0.4, 0.5) is 21.9 Å². The third-order valence-electron chi connectivity index (χ3n) is 5.54. The van der Waals surface area contributed by atoms with E-state index >= 15 is 0 Å². The number of nitrogens with zero attached hydrogens (tertiary/aromatic N) is 3. The number of benzene rings is 2. The summed E-state index contributed by atoms with van der Waals surface area (Å²) in [5, 5.41) is 6.64. The molecule has 0 atom stereocenters. The van der Waals surface area contributed by atoms with E-state index in [9.17, 15) is 9.59 Å². The number of rotatable bonds is 4. The first-order valence-electron chi connectivity index (χ1n) is 10.6. The van der Waals surface area contributed by atoms with E-state index in [-0.39, 0.29) is 11.9 Å². The summed E-state index contributed by atoms with van der Waals surface area (Å²) < 4.78 is 0. The number of pyridine rings is 2. The van der Waals surface area contributed by atoms with Crippen molar-refractivity contribution in [1.29, 1.82) is 0 Å². The molecule has 4 aromatic rings. The number of anilines is 3. The SMILES string of the molecule is Cc1ccnc(C)c1C(=O)Nc1cccc2c(N(C)C(=O)Nc3ccccc3)c(C)cnc12. The lowest BCUT2D eigenvalue weighted by atomic mass is 10.1. The van der Waals surface area contributed by atoms with Crippen molar-refractivity contribution in [3.05, 3.63) is 89.4 Å². The molecule has 4 rings (SSSR count). The van der Waals surface area contributed by atoms with Gasteiger partial charge in [-0.2, -0.15) is 0 Å². The van der Waals surface area contributed by atoms with Crippen molar-refractivity contribution in [3.8, 4) is 0 Å². The molecule has 0 aliphatic rings. The van der Waals surface area contributed by atoms with Crippen LogP contribution in [0.2, 0.25) is 0 Å². The second-order valence-electron chi connectivity index (χ2n) is 7.89. The Morgan fingerprint density at radius 2 is 1.61 bits per heavy atom. The lowest BCUT2D eigenvalue weighted by molar-refractivity contribution is 0.102. The monoisotopic (exact) mass is 439 g/mol. The second-order valence-corrected chi connectivity index (χ2v) is 7.89. The molecular formula is C26H25N5O2. The van der Waals surface area contributed by atoms with E-state index in [4.69, 9.17) is 0 Å². The Hall–Kier alpha value is -4.26. The van der Waals surface area contributed by atoms with E-state index in [1.54, 1.807) is 30.4 Å². The number of carbonyl (C=O) groups is 2. The fraction of sp³-hybridized carbons (Fsp3) is 0.154. The Balaban J connectivity index is 1.70. The van der Waals surface area contributed by atoms with E-state index in [0.29, 0.717) is 28.1 Å². The fourth-order valence-corrected chi connectivity index (χ4v) is 3.91. The molecule has 7 nitrogen and oxygen atoms in total. The smallest absolute Gasteiger partial charge is 0.320 e. The largest absolute Gasteiger partial charge is 0.326 e. The van der Waals surface area contributed by atoms with Crippen molar-refractivity contribution in [1.82, 2.24) is 9.97 Å². The van der Waals surface area contributed by atoms with E-state index in [1.807, 2.05) is 69.3 Å². The van der Waals surface area contributed by atoms with Crippen LogP contribution in [0.1, 0.15) is 27.2 Å². The van der Waals surface area contributed by atoms with Crippen LogP contribution in [0.15, 0.2) is 67.0 Å². The van der Waals surface area contributed by atoms with Crippen LogP contribution in [0, 0.1) is 20.8 Å². The highest BCUT2D eigenvalue weighted by Gasteiger charge is 2.20. The van der Waals surface area contributed by atoms with Gasteiger partial charge >= 0.3 is 6.03 Å². The van der Waals surface area contributed by atoms with E-state index in [1.165, 1.54) is 0 Å². The Bertz CT molecular complexity index is 1330. The summed E-state index contributed by atoms with van der Waals surface area (Å²) in [4.78, 5) is 36.4. The zero-order valence-electron chi connectivity index (χ0n) is 19.0. The van der Waals surface area contributed by atoms with Gasteiger partial charge in [0, 0.05) is 30.5 Å². The molecule has 0 saturated heterocycles. The number of carbonyl (C=O) groups excluding carboxylic acids is 2. The third-order valence-corrected chi connectivity index (χ3v) is 5.54. The molecule has 0 fully saturated rings. The van der Waals surface area contributed by atoms with Gasteiger partial charge in [0.1, 0.15) is 0 Å². The van der Waals surface area contributed by atoms with Crippen LogP contribution in [0.5, 0.6) is 0 Å². The maximum atomic E-state index is 13.0. The topological polar surface area (TPSA) is 87.2 Å². The van der Waals surface area contributed by atoms with Crippen LogP contribution < -0.4 is 15.5 Å². The Labute approximate surface area is 192 Å². The Morgan fingerprint density at radius 1 is 0.848 bits per heavy atom. The molecule has 166 valence electrons. The van der Waals surface area contributed by atoms with Gasteiger partial charge in [-0.15, -0.1) is 0 Å². The molecule has 0 bridgehead atoms.